The number of nitrogens with zero attached hydrogens (tertiary/aromatic N) is 1. The third-order valence-corrected chi connectivity index (χ3v) is 5.55. The molecule has 1 aromatic rings. The molecule has 116 valence electrons. The molecule has 3 unspecified atom stereocenters. The van der Waals surface area contributed by atoms with Crippen molar-refractivity contribution in [1.82, 2.24) is 10.2 Å². The van der Waals surface area contributed by atoms with Gasteiger partial charge in [-0.2, -0.15) is 0 Å². The first-order chi connectivity index (χ1) is 10.1. The van der Waals surface area contributed by atoms with Gasteiger partial charge in [-0.1, -0.05) is 36.2 Å². The van der Waals surface area contributed by atoms with Crippen LogP contribution in [-0.4, -0.2) is 41.7 Å². The smallest absolute Gasteiger partial charge is 0.0928 e. The lowest BCUT2D eigenvalue weighted by Crippen LogP contribution is -2.54. The van der Waals surface area contributed by atoms with E-state index in [1.54, 1.807) is 0 Å². The lowest BCUT2D eigenvalue weighted by molar-refractivity contribution is 0.0446. The summed E-state index contributed by atoms with van der Waals surface area (Å²) in [7, 11) is 2.27. The molecule has 3 atom stereocenters. The first kappa shape index (κ1) is 15.3. The van der Waals surface area contributed by atoms with Crippen LogP contribution in [0.25, 0.3) is 0 Å². The maximum Gasteiger partial charge on any atom is 0.0928 e. The van der Waals surface area contributed by atoms with E-state index in [4.69, 9.17) is 11.6 Å². The summed E-state index contributed by atoms with van der Waals surface area (Å²) in [6.07, 6.45) is 5.87. The molecular weight excluding hydrogens is 284 g/mol. The average Bonchev–Trinajstić information content (AvgIpc) is 2.45. The van der Waals surface area contributed by atoms with Crippen LogP contribution in [0.2, 0.25) is 5.02 Å². The molecule has 0 aromatic heterocycles. The number of halogens is 1. The molecule has 0 saturated carbocycles. The summed E-state index contributed by atoms with van der Waals surface area (Å²) in [4.78, 5) is 2.56. The molecule has 3 nitrogen and oxygen atoms in total. The summed E-state index contributed by atoms with van der Waals surface area (Å²) in [5, 5.41) is 14.5. The molecule has 4 heteroatoms. The molecule has 2 aliphatic heterocycles. The third-order valence-electron chi connectivity index (χ3n) is 5.20. The lowest BCUT2D eigenvalue weighted by Gasteiger charge is -2.47. The van der Waals surface area contributed by atoms with Gasteiger partial charge >= 0.3 is 0 Å². The Morgan fingerprint density at radius 1 is 1.29 bits per heavy atom. The van der Waals surface area contributed by atoms with Gasteiger partial charge in [0.1, 0.15) is 0 Å². The number of aliphatic hydroxyl groups excluding tert-OH is 1. The number of fused-ring (bicyclic) bond motifs is 2. The van der Waals surface area contributed by atoms with Crippen molar-refractivity contribution in [2.24, 2.45) is 0 Å². The number of aliphatic hydroxyl groups is 1. The Bertz CT molecular complexity index is 468. The maximum absolute atomic E-state index is 10.3. The molecule has 0 radical (unpaired) electrons. The van der Waals surface area contributed by atoms with E-state index in [0.29, 0.717) is 29.7 Å². The zero-order valence-electron chi connectivity index (χ0n) is 12.6. The molecule has 2 N–H and O–H groups in total. The van der Waals surface area contributed by atoms with Crippen molar-refractivity contribution in [3.05, 3.63) is 34.9 Å². The highest BCUT2D eigenvalue weighted by molar-refractivity contribution is 6.31. The molecule has 2 bridgehead atoms. The van der Waals surface area contributed by atoms with E-state index in [-0.39, 0.29) is 0 Å². The number of hydrogen-bond donors (Lipinski definition) is 2. The van der Waals surface area contributed by atoms with Crippen LogP contribution in [0.1, 0.15) is 43.8 Å². The Labute approximate surface area is 132 Å². The van der Waals surface area contributed by atoms with E-state index in [1.165, 1.54) is 32.1 Å². The molecule has 2 saturated heterocycles. The van der Waals surface area contributed by atoms with Crippen LogP contribution < -0.4 is 5.32 Å². The van der Waals surface area contributed by atoms with E-state index in [1.807, 2.05) is 24.3 Å². The Kier molecular flexibility index (Phi) is 4.85. The van der Waals surface area contributed by atoms with Crippen molar-refractivity contribution in [1.29, 1.82) is 0 Å². The van der Waals surface area contributed by atoms with Crippen molar-refractivity contribution < 1.29 is 5.11 Å². The second-order valence-corrected chi connectivity index (χ2v) is 6.93. The Morgan fingerprint density at radius 2 is 1.95 bits per heavy atom. The zero-order valence-corrected chi connectivity index (χ0v) is 13.4. The van der Waals surface area contributed by atoms with Crippen LogP contribution in [0.4, 0.5) is 0 Å². The highest BCUT2D eigenvalue weighted by Gasteiger charge is 2.35. The Balaban J connectivity index is 1.55. The number of nitrogens with one attached hydrogen (secondary N) is 1. The number of benzene rings is 1. The fraction of sp³-hybridized carbons (Fsp3) is 0.647. The van der Waals surface area contributed by atoms with Gasteiger partial charge in [0.15, 0.2) is 0 Å². The molecule has 0 amide bonds. The van der Waals surface area contributed by atoms with Gasteiger partial charge in [0.2, 0.25) is 0 Å². The minimum Gasteiger partial charge on any atom is -0.387 e. The van der Waals surface area contributed by atoms with Gasteiger partial charge < -0.3 is 15.3 Å². The molecular formula is C17H25ClN2O. The SMILES string of the molecule is CN1C2CCCC1CC(NCC(O)c1ccccc1Cl)C2. The molecule has 2 heterocycles. The summed E-state index contributed by atoms with van der Waals surface area (Å²) < 4.78 is 0. The molecule has 21 heavy (non-hydrogen) atoms. The highest BCUT2D eigenvalue weighted by Crippen LogP contribution is 2.32. The van der Waals surface area contributed by atoms with Crippen molar-refractivity contribution in [2.45, 2.75) is 56.3 Å². The van der Waals surface area contributed by atoms with Gasteiger partial charge in [0.05, 0.1) is 6.10 Å². The van der Waals surface area contributed by atoms with E-state index in [0.717, 1.165) is 5.56 Å². The van der Waals surface area contributed by atoms with Crippen molar-refractivity contribution in [2.75, 3.05) is 13.6 Å². The van der Waals surface area contributed by atoms with Crippen LogP contribution in [0, 0.1) is 0 Å². The Hall–Kier alpha value is -0.610. The van der Waals surface area contributed by atoms with Crippen molar-refractivity contribution in [3.8, 4) is 0 Å². The molecule has 3 rings (SSSR count). The lowest BCUT2D eigenvalue weighted by atomic mass is 9.82. The first-order valence-electron chi connectivity index (χ1n) is 8.03. The molecule has 1 aromatic carbocycles. The van der Waals surface area contributed by atoms with Crippen LogP contribution >= 0.6 is 11.6 Å². The van der Waals surface area contributed by atoms with Gasteiger partial charge in [0.25, 0.3) is 0 Å². The monoisotopic (exact) mass is 308 g/mol. The normalized spacial score (nSPS) is 31.1. The summed E-state index contributed by atoms with van der Waals surface area (Å²) in [6.45, 7) is 0.581. The van der Waals surface area contributed by atoms with E-state index in [2.05, 4.69) is 17.3 Å². The standard InChI is InChI=1S/C17H25ClN2O/c1-20-13-5-4-6-14(20)10-12(9-13)19-11-17(21)15-7-2-3-8-16(15)18/h2-3,7-8,12-14,17,19,21H,4-6,9-11H2,1H3. The van der Waals surface area contributed by atoms with Crippen molar-refractivity contribution in [3.63, 3.8) is 0 Å². The molecule has 2 fully saturated rings. The summed E-state index contributed by atoms with van der Waals surface area (Å²) in [5.74, 6) is 0. The van der Waals surface area contributed by atoms with E-state index >= 15 is 0 Å². The highest BCUT2D eigenvalue weighted by atomic mass is 35.5. The minimum absolute atomic E-state index is 0.522. The van der Waals surface area contributed by atoms with Crippen molar-refractivity contribution >= 4 is 11.6 Å². The molecule has 0 aliphatic carbocycles. The van der Waals surface area contributed by atoms with Crippen LogP contribution in [-0.2, 0) is 0 Å². The largest absolute Gasteiger partial charge is 0.387 e. The molecule has 0 spiro atoms. The quantitative estimate of drug-likeness (QED) is 0.897. The number of piperidine rings is 2. The predicted molar refractivity (Wildman–Crippen MR) is 86.6 cm³/mol. The molecule has 2 aliphatic rings. The van der Waals surface area contributed by atoms with Gasteiger partial charge in [-0.3, -0.25) is 0 Å². The van der Waals surface area contributed by atoms with E-state index < -0.39 is 6.10 Å². The third kappa shape index (κ3) is 3.42. The maximum atomic E-state index is 10.3. The van der Waals surface area contributed by atoms with Gasteiger partial charge in [-0.05, 0) is 38.8 Å². The van der Waals surface area contributed by atoms with Crippen LogP contribution in [0.3, 0.4) is 0 Å². The minimum atomic E-state index is -0.529. The second-order valence-electron chi connectivity index (χ2n) is 6.52. The Morgan fingerprint density at radius 3 is 2.62 bits per heavy atom. The second kappa shape index (κ2) is 6.66. The van der Waals surface area contributed by atoms with Crippen LogP contribution in [0.15, 0.2) is 24.3 Å². The van der Waals surface area contributed by atoms with Crippen LogP contribution in [0.5, 0.6) is 0 Å². The topological polar surface area (TPSA) is 35.5 Å². The number of rotatable bonds is 4. The van der Waals surface area contributed by atoms with Gasteiger partial charge in [-0.25, -0.2) is 0 Å². The summed E-state index contributed by atoms with van der Waals surface area (Å²) >= 11 is 6.14. The summed E-state index contributed by atoms with van der Waals surface area (Å²) in [5.41, 5.74) is 0.819. The first-order valence-corrected chi connectivity index (χ1v) is 8.40. The predicted octanol–water partition coefficient (Wildman–Crippen LogP) is 2.98. The van der Waals surface area contributed by atoms with E-state index in [9.17, 15) is 5.11 Å². The fourth-order valence-corrected chi connectivity index (χ4v) is 4.18. The average molecular weight is 309 g/mol. The fourth-order valence-electron chi connectivity index (χ4n) is 3.92. The van der Waals surface area contributed by atoms with Gasteiger partial charge in [-0.15, -0.1) is 0 Å². The zero-order chi connectivity index (χ0) is 14.8. The summed E-state index contributed by atoms with van der Waals surface area (Å²) in [6, 6.07) is 9.50. The number of hydrogen-bond acceptors (Lipinski definition) is 3. The van der Waals surface area contributed by atoms with Gasteiger partial charge in [0, 0.05) is 35.3 Å².